The Morgan fingerprint density at radius 1 is 1.56 bits per heavy atom. The van der Waals surface area contributed by atoms with Crippen LogP contribution in [0.2, 0.25) is 0 Å². The van der Waals surface area contributed by atoms with E-state index in [1.807, 2.05) is 0 Å². The third-order valence-electron chi connectivity index (χ3n) is 2.71. The van der Waals surface area contributed by atoms with Crippen LogP contribution in [0.15, 0.2) is 0 Å². The zero-order valence-corrected chi connectivity index (χ0v) is 12.2. The van der Waals surface area contributed by atoms with E-state index in [4.69, 9.17) is 0 Å². The predicted octanol–water partition coefficient (Wildman–Crippen LogP) is 1.71. The maximum atomic E-state index is 11.8. The van der Waals surface area contributed by atoms with Gasteiger partial charge in [0.05, 0.1) is 5.92 Å². The Labute approximate surface area is 117 Å². The largest absolute Gasteiger partial charge is 0.316 e. The molecule has 102 valence electrons. The molecule has 0 aliphatic carbocycles. The summed E-state index contributed by atoms with van der Waals surface area (Å²) < 4.78 is 0. The van der Waals surface area contributed by atoms with Crippen LogP contribution < -0.4 is 10.6 Å². The second kappa shape index (κ2) is 7.01. The van der Waals surface area contributed by atoms with Crippen LogP contribution in [-0.4, -0.2) is 29.2 Å². The molecule has 0 saturated carbocycles. The lowest BCUT2D eigenvalue weighted by atomic mass is 10.1. The summed E-state index contributed by atoms with van der Waals surface area (Å²) in [4.78, 5) is 11.8. The van der Waals surface area contributed by atoms with Crippen molar-refractivity contribution in [3.05, 3.63) is 5.01 Å². The van der Waals surface area contributed by atoms with E-state index in [-0.39, 0.29) is 24.2 Å². The molecule has 0 spiro atoms. The smallest absolute Gasteiger partial charge is 0.230 e. The molecule has 2 N–H and O–H groups in total. The van der Waals surface area contributed by atoms with Crippen molar-refractivity contribution in [3.63, 3.8) is 0 Å². The van der Waals surface area contributed by atoms with Gasteiger partial charge in [0.1, 0.15) is 5.01 Å². The Morgan fingerprint density at radius 3 is 2.94 bits per heavy atom. The monoisotopic (exact) mass is 290 g/mol. The number of aromatic nitrogens is 2. The second-order valence-electron chi connectivity index (χ2n) is 4.78. The molecule has 1 saturated heterocycles. The summed E-state index contributed by atoms with van der Waals surface area (Å²) in [6, 6.07) is 0. The zero-order valence-electron chi connectivity index (χ0n) is 10.6. The number of nitrogens with one attached hydrogen (secondary N) is 2. The molecule has 0 bridgehead atoms. The van der Waals surface area contributed by atoms with Crippen molar-refractivity contribution in [2.24, 2.45) is 11.8 Å². The number of carbonyl (C=O) groups is 1. The van der Waals surface area contributed by atoms with E-state index in [0.29, 0.717) is 11.0 Å². The average molecular weight is 291 g/mol. The van der Waals surface area contributed by atoms with Crippen LogP contribution in [-0.2, 0) is 11.2 Å². The molecule has 2 heterocycles. The number of hydrogen-bond donors (Lipinski definition) is 2. The molecular formula is C11H19ClN4OS. The summed E-state index contributed by atoms with van der Waals surface area (Å²) >= 11 is 1.47. The van der Waals surface area contributed by atoms with Gasteiger partial charge in [-0.2, -0.15) is 0 Å². The van der Waals surface area contributed by atoms with Crippen molar-refractivity contribution in [1.82, 2.24) is 15.5 Å². The summed E-state index contributed by atoms with van der Waals surface area (Å²) in [6.07, 6.45) is 1.82. The van der Waals surface area contributed by atoms with E-state index in [1.165, 1.54) is 11.3 Å². The topological polar surface area (TPSA) is 66.9 Å². The number of nitrogens with zero attached hydrogens (tertiary/aromatic N) is 2. The van der Waals surface area contributed by atoms with Gasteiger partial charge in [0.25, 0.3) is 0 Å². The van der Waals surface area contributed by atoms with Crippen LogP contribution >= 0.6 is 23.7 Å². The lowest BCUT2D eigenvalue weighted by molar-refractivity contribution is -0.119. The maximum absolute atomic E-state index is 11.8. The van der Waals surface area contributed by atoms with Gasteiger partial charge in [-0.05, 0) is 18.9 Å². The molecule has 1 amide bonds. The molecule has 2 rings (SSSR count). The van der Waals surface area contributed by atoms with Gasteiger partial charge in [-0.15, -0.1) is 22.6 Å². The standard InChI is InChI=1S/C11H18N4OS.ClH/c1-7(2)5-9-14-15-11(17-9)13-10(16)8-3-4-12-6-8;/h7-8,12H,3-6H2,1-2H3,(H,13,15,16);1H. The number of hydrogen-bond acceptors (Lipinski definition) is 5. The molecule has 5 nitrogen and oxygen atoms in total. The van der Waals surface area contributed by atoms with Crippen molar-refractivity contribution in [2.45, 2.75) is 26.7 Å². The van der Waals surface area contributed by atoms with E-state index in [2.05, 4.69) is 34.7 Å². The van der Waals surface area contributed by atoms with Crippen LogP contribution in [0.5, 0.6) is 0 Å². The zero-order chi connectivity index (χ0) is 12.3. The second-order valence-corrected chi connectivity index (χ2v) is 5.84. The highest BCUT2D eigenvalue weighted by atomic mass is 35.5. The van der Waals surface area contributed by atoms with E-state index in [9.17, 15) is 4.79 Å². The fraction of sp³-hybridized carbons (Fsp3) is 0.727. The summed E-state index contributed by atoms with van der Waals surface area (Å²) in [5.74, 6) is 0.695. The van der Waals surface area contributed by atoms with Crippen molar-refractivity contribution in [1.29, 1.82) is 0 Å². The van der Waals surface area contributed by atoms with Gasteiger partial charge in [0.2, 0.25) is 11.0 Å². The van der Waals surface area contributed by atoms with Crippen LogP contribution in [0.25, 0.3) is 0 Å². The normalized spacial score (nSPS) is 18.7. The van der Waals surface area contributed by atoms with Crippen molar-refractivity contribution >= 4 is 34.8 Å². The first-order valence-corrected chi connectivity index (χ1v) is 6.80. The number of halogens is 1. The molecule has 1 aromatic heterocycles. The van der Waals surface area contributed by atoms with Crippen LogP contribution in [0.4, 0.5) is 5.13 Å². The highest BCUT2D eigenvalue weighted by molar-refractivity contribution is 7.15. The van der Waals surface area contributed by atoms with Gasteiger partial charge >= 0.3 is 0 Å². The molecule has 1 aliphatic rings. The summed E-state index contributed by atoms with van der Waals surface area (Å²) in [5.41, 5.74) is 0. The van der Waals surface area contributed by atoms with Gasteiger partial charge in [-0.1, -0.05) is 25.2 Å². The van der Waals surface area contributed by atoms with Gasteiger partial charge < -0.3 is 10.6 Å². The van der Waals surface area contributed by atoms with Gasteiger partial charge in [-0.3, -0.25) is 4.79 Å². The van der Waals surface area contributed by atoms with E-state index >= 15 is 0 Å². The highest BCUT2D eigenvalue weighted by Crippen LogP contribution is 2.19. The third-order valence-corrected chi connectivity index (χ3v) is 3.57. The first-order valence-electron chi connectivity index (χ1n) is 5.99. The molecule has 1 fully saturated rings. The number of carbonyl (C=O) groups excluding carboxylic acids is 1. The molecular weight excluding hydrogens is 272 g/mol. The molecule has 1 aliphatic heterocycles. The quantitative estimate of drug-likeness (QED) is 0.886. The van der Waals surface area contributed by atoms with Crippen LogP contribution in [0.1, 0.15) is 25.3 Å². The van der Waals surface area contributed by atoms with Crippen LogP contribution in [0, 0.1) is 11.8 Å². The SMILES string of the molecule is CC(C)Cc1nnc(NC(=O)C2CCNC2)s1.Cl. The first kappa shape index (κ1) is 15.3. The minimum atomic E-state index is 0. The Hall–Kier alpha value is -0.720. The van der Waals surface area contributed by atoms with Crippen molar-refractivity contribution in [2.75, 3.05) is 18.4 Å². The van der Waals surface area contributed by atoms with Gasteiger partial charge in [-0.25, -0.2) is 0 Å². The Bertz CT molecular complexity index is 390. The van der Waals surface area contributed by atoms with E-state index in [1.54, 1.807) is 0 Å². The molecule has 1 aromatic rings. The number of anilines is 1. The predicted molar refractivity (Wildman–Crippen MR) is 75.3 cm³/mol. The minimum absolute atomic E-state index is 0. The third kappa shape index (κ3) is 4.19. The van der Waals surface area contributed by atoms with Crippen molar-refractivity contribution in [3.8, 4) is 0 Å². The van der Waals surface area contributed by atoms with E-state index in [0.717, 1.165) is 30.9 Å². The fourth-order valence-electron chi connectivity index (χ4n) is 1.82. The average Bonchev–Trinajstić information content (AvgIpc) is 2.87. The molecule has 18 heavy (non-hydrogen) atoms. The summed E-state index contributed by atoms with van der Waals surface area (Å²) in [7, 11) is 0. The fourth-order valence-corrected chi connectivity index (χ4v) is 2.78. The Morgan fingerprint density at radius 2 is 2.33 bits per heavy atom. The molecule has 1 unspecified atom stereocenters. The maximum Gasteiger partial charge on any atom is 0.230 e. The number of amides is 1. The molecule has 7 heteroatoms. The molecule has 1 atom stereocenters. The summed E-state index contributed by atoms with van der Waals surface area (Å²) in [5, 5.41) is 15.7. The molecule has 0 radical (unpaired) electrons. The van der Waals surface area contributed by atoms with Gasteiger partial charge in [0, 0.05) is 13.0 Å². The van der Waals surface area contributed by atoms with E-state index < -0.39 is 0 Å². The van der Waals surface area contributed by atoms with Gasteiger partial charge in [0.15, 0.2) is 0 Å². The first-order chi connectivity index (χ1) is 8.15. The Balaban J connectivity index is 0.00000162. The lowest BCUT2D eigenvalue weighted by Gasteiger charge is -2.06. The van der Waals surface area contributed by atoms with Crippen molar-refractivity contribution < 1.29 is 4.79 Å². The van der Waals surface area contributed by atoms with Crippen LogP contribution in [0.3, 0.4) is 0 Å². The number of rotatable bonds is 4. The highest BCUT2D eigenvalue weighted by Gasteiger charge is 2.23. The molecule has 0 aromatic carbocycles. The summed E-state index contributed by atoms with van der Waals surface area (Å²) in [6.45, 7) is 5.98. The lowest BCUT2D eigenvalue weighted by Crippen LogP contribution is -2.24. The minimum Gasteiger partial charge on any atom is -0.316 e. The Kier molecular flexibility index (Phi) is 5.98.